The first-order chi connectivity index (χ1) is 7.45. The van der Waals surface area contributed by atoms with Gasteiger partial charge in [-0.3, -0.25) is 0 Å². The maximum absolute atomic E-state index is 5.52. The zero-order valence-electron chi connectivity index (χ0n) is 8.76. The molecule has 0 bridgehead atoms. The van der Waals surface area contributed by atoms with Gasteiger partial charge >= 0.3 is 0 Å². The highest BCUT2D eigenvalue weighted by atomic mass is 16.7. The number of ether oxygens (including phenoxy) is 2. The van der Waals surface area contributed by atoms with Gasteiger partial charge in [-0.25, -0.2) is 0 Å². The van der Waals surface area contributed by atoms with Crippen molar-refractivity contribution in [3.63, 3.8) is 0 Å². The number of hydrogen-bond donors (Lipinski definition) is 0. The van der Waals surface area contributed by atoms with Crippen LogP contribution in [0.5, 0.6) is 0 Å². The fraction of sp³-hybridized carbons (Fsp3) is 0.385. The lowest BCUT2D eigenvalue weighted by Gasteiger charge is -2.07. The minimum atomic E-state index is 0.0189. The Labute approximate surface area is 90.5 Å². The van der Waals surface area contributed by atoms with E-state index >= 15 is 0 Å². The van der Waals surface area contributed by atoms with Gasteiger partial charge in [0.15, 0.2) is 6.29 Å². The molecule has 0 aromatic heterocycles. The fourth-order valence-electron chi connectivity index (χ4n) is 1.59. The highest BCUT2D eigenvalue weighted by Gasteiger charge is 2.14. The minimum Gasteiger partial charge on any atom is -0.353 e. The van der Waals surface area contributed by atoms with E-state index in [2.05, 4.69) is 18.2 Å². The van der Waals surface area contributed by atoms with Gasteiger partial charge in [0.25, 0.3) is 0 Å². The van der Waals surface area contributed by atoms with Crippen molar-refractivity contribution in [3.05, 3.63) is 42.0 Å². The van der Waals surface area contributed by atoms with Crippen LogP contribution in [-0.4, -0.2) is 19.5 Å². The molecule has 0 amide bonds. The average Bonchev–Trinajstić information content (AvgIpc) is 2.79. The molecule has 2 heteroatoms. The highest BCUT2D eigenvalue weighted by Crippen LogP contribution is 2.12. The van der Waals surface area contributed by atoms with E-state index in [4.69, 9.17) is 9.47 Å². The van der Waals surface area contributed by atoms with Crippen LogP contribution in [0.4, 0.5) is 0 Å². The monoisotopic (exact) mass is 204 g/mol. The first-order valence-electron chi connectivity index (χ1n) is 5.40. The zero-order valence-corrected chi connectivity index (χ0v) is 8.76. The SMILES string of the molecule is C(=C\c1ccccc1)/CO[C@H]1CCCO1. The van der Waals surface area contributed by atoms with Gasteiger partial charge in [0.2, 0.25) is 0 Å². The topological polar surface area (TPSA) is 18.5 Å². The number of hydrogen-bond acceptors (Lipinski definition) is 2. The van der Waals surface area contributed by atoms with Crippen LogP contribution < -0.4 is 0 Å². The molecule has 15 heavy (non-hydrogen) atoms. The number of benzene rings is 1. The molecule has 1 saturated heterocycles. The van der Waals surface area contributed by atoms with Crippen LogP contribution in [0.25, 0.3) is 6.08 Å². The quantitative estimate of drug-likeness (QED) is 0.750. The van der Waals surface area contributed by atoms with Crippen molar-refractivity contribution in [2.24, 2.45) is 0 Å². The first-order valence-corrected chi connectivity index (χ1v) is 5.40. The van der Waals surface area contributed by atoms with Crippen LogP contribution in [0, 0.1) is 0 Å². The maximum atomic E-state index is 5.52. The number of rotatable bonds is 4. The lowest BCUT2D eigenvalue weighted by molar-refractivity contribution is -0.101. The molecule has 0 spiro atoms. The maximum Gasteiger partial charge on any atom is 0.158 e. The molecule has 0 saturated carbocycles. The second kappa shape index (κ2) is 5.69. The van der Waals surface area contributed by atoms with Gasteiger partial charge in [-0.05, 0) is 12.0 Å². The third-order valence-electron chi connectivity index (χ3n) is 2.38. The fourth-order valence-corrected chi connectivity index (χ4v) is 1.59. The van der Waals surface area contributed by atoms with Crippen molar-refractivity contribution in [1.29, 1.82) is 0 Å². The Kier molecular flexibility index (Phi) is 3.94. The van der Waals surface area contributed by atoms with Crippen molar-refractivity contribution in [2.75, 3.05) is 13.2 Å². The van der Waals surface area contributed by atoms with Crippen molar-refractivity contribution in [1.82, 2.24) is 0 Å². The van der Waals surface area contributed by atoms with Crippen molar-refractivity contribution in [2.45, 2.75) is 19.1 Å². The van der Waals surface area contributed by atoms with Crippen molar-refractivity contribution < 1.29 is 9.47 Å². The third-order valence-corrected chi connectivity index (χ3v) is 2.38. The van der Waals surface area contributed by atoms with Crippen LogP contribution >= 0.6 is 0 Å². The Morgan fingerprint density at radius 3 is 2.93 bits per heavy atom. The van der Waals surface area contributed by atoms with Gasteiger partial charge in [0.1, 0.15) is 0 Å². The normalized spacial score (nSPS) is 21.2. The smallest absolute Gasteiger partial charge is 0.158 e. The van der Waals surface area contributed by atoms with Gasteiger partial charge in [0, 0.05) is 13.0 Å². The Hall–Kier alpha value is -1.12. The molecule has 0 radical (unpaired) electrons. The molecule has 1 aromatic carbocycles. The van der Waals surface area contributed by atoms with E-state index in [1.807, 2.05) is 24.3 Å². The third kappa shape index (κ3) is 3.50. The second-order valence-electron chi connectivity index (χ2n) is 3.59. The van der Waals surface area contributed by atoms with Crippen LogP contribution in [0.1, 0.15) is 18.4 Å². The summed E-state index contributed by atoms with van der Waals surface area (Å²) in [4.78, 5) is 0. The van der Waals surface area contributed by atoms with E-state index in [1.54, 1.807) is 0 Å². The summed E-state index contributed by atoms with van der Waals surface area (Å²) in [7, 11) is 0. The first kappa shape index (κ1) is 10.4. The van der Waals surface area contributed by atoms with E-state index in [9.17, 15) is 0 Å². The standard InChI is InChI=1S/C13H16O2/c1-2-6-12(7-3-1)8-4-10-14-13-9-5-11-15-13/h1-4,6-8,13H,5,9-11H2/b8-4+/t13-/m1/s1. The van der Waals surface area contributed by atoms with Gasteiger partial charge in [-0.2, -0.15) is 0 Å². The molecule has 2 nitrogen and oxygen atoms in total. The summed E-state index contributed by atoms with van der Waals surface area (Å²) < 4.78 is 10.9. The van der Waals surface area contributed by atoms with Gasteiger partial charge in [0.05, 0.1) is 6.61 Å². The summed E-state index contributed by atoms with van der Waals surface area (Å²) in [5.41, 5.74) is 1.20. The summed E-state index contributed by atoms with van der Waals surface area (Å²) >= 11 is 0. The predicted octanol–water partition coefficient (Wildman–Crippen LogP) is 2.85. The molecular weight excluding hydrogens is 188 g/mol. The van der Waals surface area contributed by atoms with E-state index < -0.39 is 0 Å². The Morgan fingerprint density at radius 2 is 2.20 bits per heavy atom. The van der Waals surface area contributed by atoms with Gasteiger partial charge in [-0.15, -0.1) is 0 Å². The molecule has 0 unspecified atom stereocenters. The van der Waals surface area contributed by atoms with E-state index in [0.29, 0.717) is 6.61 Å². The van der Waals surface area contributed by atoms with E-state index in [0.717, 1.165) is 19.4 Å². The van der Waals surface area contributed by atoms with Crippen LogP contribution in [0.15, 0.2) is 36.4 Å². The molecule has 80 valence electrons. The lowest BCUT2D eigenvalue weighted by Crippen LogP contribution is -2.09. The predicted molar refractivity (Wildman–Crippen MR) is 60.4 cm³/mol. The average molecular weight is 204 g/mol. The van der Waals surface area contributed by atoms with E-state index in [-0.39, 0.29) is 6.29 Å². The van der Waals surface area contributed by atoms with Crippen LogP contribution in [0.2, 0.25) is 0 Å². The van der Waals surface area contributed by atoms with Crippen LogP contribution in [0.3, 0.4) is 0 Å². The molecule has 1 aromatic rings. The summed E-state index contributed by atoms with van der Waals surface area (Å²) in [6, 6.07) is 10.2. The second-order valence-corrected chi connectivity index (χ2v) is 3.59. The van der Waals surface area contributed by atoms with E-state index in [1.165, 1.54) is 5.56 Å². The Morgan fingerprint density at radius 1 is 1.33 bits per heavy atom. The molecular formula is C13H16O2. The zero-order chi connectivity index (χ0) is 10.3. The molecule has 2 rings (SSSR count). The summed E-state index contributed by atoms with van der Waals surface area (Å²) in [6.07, 6.45) is 6.25. The van der Waals surface area contributed by atoms with Crippen LogP contribution in [-0.2, 0) is 9.47 Å². The lowest BCUT2D eigenvalue weighted by atomic mass is 10.2. The van der Waals surface area contributed by atoms with Crippen molar-refractivity contribution in [3.8, 4) is 0 Å². The summed E-state index contributed by atoms with van der Waals surface area (Å²) in [5.74, 6) is 0. The molecule has 1 heterocycles. The van der Waals surface area contributed by atoms with Crippen molar-refractivity contribution >= 4 is 6.08 Å². The molecule has 1 fully saturated rings. The molecule has 1 aliphatic rings. The summed E-state index contributed by atoms with van der Waals surface area (Å²) in [5, 5.41) is 0. The Balaban J connectivity index is 1.71. The molecule has 0 aliphatic carbocycles. The molecule has 1 aliphatic heterocycles. The largest absolute Gasteiger partial charge is 0.353 e. The highest BCUT2D eigenvalue weighted by molar-refractivity contribution is 5.48. The Bertz CT molecular complexity index is 300. The van der Waals surface area contributed by atoms with Gasteiger partial charge < -0.3 is 9.47 Å². The summed E-state index contributed by atoms with van der Waals surface area (Å²) in [6.45, 7) is 1.46. The molecule has 1 atom stereocenters. The van der Waals surface area contributed by atoms with Gasteiger partial charge in [-0.1, -0.05) is 42.5 Å². The minimum absolute atomic E-state index is 0.0189. The molecule has 0 N–H and O–H groups in total.